The van der Waals surface area contributed by atoms with Gasteiger partial charge in [0.2, 0.25) is 0 Å². The normalized spacial score (nSPS) is 11.2. The minimum atomic E-state index is -4.87. The Bertz CT molecular complexity index is 698. The Morgan fingerprint density at radius 1 is 1.04 bits per heavy atom. The van der Waals surface area contributed by atoms with Gasteiger partial charge in [-0.1, -0.05) is 0 Å². The van der Waals surface area contributed by atoms with Crippen LogP contribution in [0.15, 0.2) is 42.5 Å². The third-order valence-corrected chi connectivity index (χ3v) is 2.74. The van der Waals surface area contributed by atoms with Gasteiger partial charge in [0.1, 0.15) is 17.4 Å². The number of alkyl halides is 3. The van der Waals surface area contributed by atoms with E-state index in [4.69, 9.17) is 4.74 Å². The lowest BCUT2D eigenvalue weighted by atomic mass is 10.2. The van der Waals surface area contributed by atoms with Crippen LogP contribution in [0.25, 0.3) is 0 Å². The second-order valence-corrected chi connectivity index (χ2v) is 4.48. The van der Waals surface area contributed by atoms with Crippen molar-refractivity contribution >= 4 is 11.6 Å². The molecule has 0 heterocycles. The third-order valence-electron chi connectivity index (χ3n) is 2.74. The molecule has 0 aliphatic rings. The zero-order chi connectivity index (χ0) is 17.0. The number of halogens is 5. The minimum Gasteiger partial charge on any atom is -0.484 e. The highest BCUT2D eigenvalue weighted by atomic mass is 19.4. The van der Waals surface area contributed by atoms with E-state index in [1.54, 1.807) is 0 Å². The number of nitrogens with one attached hydrogen (secondary N) is 1. The molecule has 0 aliphatic heterocycles. The molecule has 3 nitrogen and oxygen atoms in total. The van der Waals surface area contributed by atoms with E-state index in [2.05, 4.69) is 5.32 Å². The Labute approximate surface area is 127 Å². The molecule has 122 valence electrons. The average Bonchev–Trinajstić information content (AvgIpc) is 2.47. The summed E-state index contributed by atoms with van der Waals surface area (Å²) in [6.45, 7) is -0.496. The van der Waals surface area contributed by atoms with Crippen molar-refractivity contribution in [3.8, 4) is 5.75 Å². The summed E-state index contributed by atoms with van der Waals surface area (Å²) in [5, 5.41) is 2.16. The quantitative estimate of drug-likeness (QED) is 0.860. The smallest absolute Gasteiger partial charge is 0.419 e. The Morgan fingerprint density at radius 3 is 2.30 bits per heavy atom. The number of rotatable bonds is 4. The summed E-state index contributed by atoms with van der Waals surface area (Å²) >= 11 is 0. The SMILES string of the molecule is O=C(COc1ccc(F)cc1)Nc1ccc(F)c(C(F)(F)F)c1. The first-order valence-corrected chi connectivity index (χ1v) is 6.30. The molecule has 0 atom stereocenters. The van der Waals surface area contributed by atoms with Gasteiger partial charge in [-0.3, -0.25) is 4.79 Å². The number of benzene rings is 2. The molecule has 0 bridgehead atoms. The number of anilines is 1. The highest BCUT2D eigenvalue weighted by molar-refractivity contribution is 5.91. The van der Waals surface area contributed by atoms with E-state index in [1.807, 2.05) is 0 Å². The van der Waals surface area contributed by atoms with Crippen LogP contribution in [0.5, 0.6) is 5.75 Å². The number of hydrogen-bond acceptors (Lipinski definition) is 2. The molecule has 2 aromatic rings. The molecule has 0 saturated heterocycles. The van der Waals surface area contributed by atoms with E-state index in [0.717, 1.165) is 18.2 Å². The van der Waals surface area contributed by atoms with Crippen LogP contribution in [-0.2, 0) is 11.0 Å². The van der Waals surface area contributed by atoms with Crippen LogP contribution in [-0.4, -0.2) is 12.5 Å². The van der Waals surface area contributed by atoms with Gasteiger partial charge in [-0.25, -0.2) is 8.78 Å². The molecule has 0 radical (unpaired) electrons. The first-order valence-electron chi connectivity index (χ1n) is 6.30. The second kappa shape index (κ2) is 6.64. The maximum atomic E-state index is 13.1. The van der Waals surface area contributed by atoms with Gasteiger partial charge >= 0.3 is 6.18 Å². The molecular formula is C15H10F5NO2. The van der Waals surface area contributed by atoms with Gasteiger partial charge in [-0.2, -0.15) is 13.2 Å². The van der Waals surface area contributed by atoms with E-state index >= 15 is 0 Å². The summed E-state index contributed by atoms with van der Waals surface area (Å²) in [5.41, 5.74) is -1.69. The largest absolute Gasteiger partial charge is 0.484 e. The summed E-state index contributed by atoms with van der Waals surface area (Å²) < 4.78 is 68.5. The van der Waals surface area contributed by atoms with Crippen LogP contribution in [0.2, 0.25) is 0 Å². The van der Waals surface area contributed by atoms with Crippen LogP contribution in [0.3, 0.4) is 0 Å². The highest BCUT2D eigenvalue weighted by Crippen LogP contribution is 2.32. The first kappa shape index (κ1) is 16.7. The van der Waals surface area contributed by atoms with Crippen LogP contribution in [0.4, 0.5) is 27.6 Å². The molecule has 2 aromatic carbocycles. The Balaban J connectivity index is 1.99. The molecule has 23 heavy (non-hydrogen) atoms. The molecule has 0 fully saturated rings. The maximum Gasteiger partial charge on any atom is 0.419 e. The van der Waals surface area contributed by atoms with Crippen LogP contribution in [0.1, 0.15) is 5.56 Å². The summed E-state index contributed by atoms with van der Waals surface area (Å²) in [5.74, 6) is -2.43. The zero-order valence-electron chi connectivity index (χ0n) is 11.5. The Morgan fingerprint density at radius 2 is 1.70 bits per heavy atom. The van der Waals surface area contributed by atoms with Gasteiger partial charge in [0.25, 0.3) is 5.91 Å². The molecule has 0 spiro atoms. The van der Waals surface area contributed by atoms with Crippen molar-refractivity contribution in [2.75, 3.05) is 11.9 Å². The molecule has 2 rings (SSSR count). The number of carbonyl (C=O) groups is 1. The maximum absolute atomic E-state index is 13.1. The fraction of sp³-hybridized carbons (Fsp3) is 0.133. The lowest BCUT2D eigenvalue weighted by molar-refractivity contribution is -0.140. The standard InChI is InChI=1S/C15H10F5NO2/c16-9-1-4-11(5-2-9)23-8-14(22)21-10-3-6-13(17)12(7-10)15(18,19)20/h1-7H,8H2,(H,21,22). The summed E-state index contributed by atoms with van der Waals surface area (Å²) in [7, 11) is 0. The van der Waals surface area contributed by atoms with E-state index in [9.17, 15) is 26.7 Å². The number of amides is 1. The number of ether oxygens (including phenoxy) is 1. The van der Waals surface area contributed by atoms with Gasteiger partial charge in [-0.15, -0.1) is 0 Å². The fourth-order valence-corrected chi connectivity index (χ4v) is 1.70. The number of hydrogen-bond donors (Lipinski definition) is 1. The Hall–Kier alpha value is -2.64. The van der Waals surface area contributed by atoms with Crippen LogP contribution in [0, 0.1) is 11.6 Å². The molecule has 0 unspecified atom stereocenters. The minimum absolute atomic E-state index is 0.216. The molecule has 8 heteroatoms. The van der Waals surface area contributed by atoms with Gasteiger partial charge in [0.05, 0.1) is 5.56 Å². The lowest BCUT2D eigenvalue weighted by Gasteiger charge is -2.11. The molecule has 0 aromatic heterocycles. The lowest BCUT2D eigenvalue weighted by Crippen LogP contribution is -2.20. The Kier molecular flexibility index (Phi) is 4.83. The van der Waals surface area contributed by atoms with Gasteiger partial charge in [0, 0.05) is 5.69 Å². The van der Waals surface area contributed by atoms with Crippen molar-refractivity contribution < 1.29 is 31.5 Å². The van der Waals surface area contributed by atoms with Crippen molar-refractivity contribution in [3.05, 3.63) is 59.7 Å². The van der Waals surface area contributed by atoms with Crippen molar-refractivity contribution in [1.29, 1.82) is 0 Å². The van der Waals surface area contributed by atoms with Crippen LogP contribution >= 0.6 is 0 Å². The van der Waals surface area contributed by atoms with Gasteiger partial charge in [0.15, 0.2) is 6.61 Å². The van der Waals surface area contributed by atoms with Crippen molar-refractivity contribution in [2.24, 2.45) is 0 Å². The number of carbonyl (C=O) groups excluding carboxylic acids is 1. The molecule has 1 N–H and O–H groups in total. The predicted molar refractivity (Wildman–Crippen MR) is 71.9 cm³/mol. The molecule has 0 saturated carbocycles. The van der Waals surface area contributed by atoms with E-state index in [-0.39, 0.29) is 11.4 Å². The van der Waals surface area contributed by atoms with Gasteiger partial charge < -0.3 is 10.1 Å². The van der Waals surface area contributed by atoms with Crippen molar-refractivity contribution in [1.82, 2.24) is 0 Å². The van der Waals surface area contributed by atoms with Crippen molar-refractivity contribution in [2.45, 2.75) is 6.18 Å². The van der Waals surface area contributed by atoms with Gasteiger partial charge in [-0.05, 0) is 42.5 Å². The monoisotopic (exact) mass is 331 g/mol. The van der Waals surface area contributed by atoms with E-state index < -0.39 is 35.9 Å². The summed E-state index contributed by atoms with van der Waals surface area (Å²) in [6, 6.07) is 6.95. The van der Waals surface area contributed by atoms with Crippen molar-refractivity contribution in [3.63, 3.8) is 0 Å². The zero-order valence-corrected chi connectivity index (χ0v) is 11.5. The molecule has 0 aliphatic carbocycles. The van der Waals surface area contributed by atoms with E-state index in [1.165, 1.54) is 12.1 Å². The molecular weight excluding hydrogens is 321 g/mol. The topological polar surface area (TPSA) is 38.3 Å². The third kappa shape index (κ3) is 4.67. The average molecular weight is 331 g/mol. The molecule has 1 amide bonds. The van der Waals surface area contributed by atoms with Crippen LogP contribution < -0.4 is 10.1 Å². The first-order chi connectivity index (χ1) is 10.8. The highest BCUT2D eigenvalue weighted by Gasteiger charge is 2.34. The second-order valence-electron chi connectivity index (χ2n) is 4.48. The predicted octanol–water partition coefficient (Wildman–Crippen LogP) is 4.00. The summed E-state index contributed by atoms with van der Waals surface area (Å²) in [6.07, 6.45) is -4.87. The van der Waals surface area contributed by atoms with E-state index in [0.29, 0.717) is 12.1 Å². The fourth-order valence-electron chi connectivity index (χ4n) is 1.70. The summed E-state index contributed by atoms with van der Waals surface area (Å²) in [4.78, 5) is 11.6.